The third-order valence-electron chi connectivity index (χ3n) is 2.17. The molecule has 0 saturated carbocycles. The molecule has 0 aromatic carbocycles. The smallest absolute Gasteiger partial charge is 0.117 e. The van der Waals surface area contributed by atoms with Crippen molar-refractivity contribution in [3.8, 4) is 0 Å². The molecule has 1 fully saturated rings. The summed E-state index contributed by atoms with van der Waals surface area (Å²) in [5.41, 5.74) is 0. The Bertz CT molecular complexity index is 220. The molecule has 2 heterocycles. The molecule has 4 heteroatoms. The molecular formula is C9H15ClN2O. The highest BCUT2D eigenvalue weighted by molar-refractivity contribution is 5.85. The summed E-state index contributed by atoms with van der Waals surface area (Å²) in [7, 11) is 0. The van der Waals surface area contributed by atoms with Crippen LogP contribution in [0.4, 0.5) is 0 Å². The summed E-state index contributed by atoms with van der Waals surface area (Å²) in [4.78, 5) is 2.40. The zero-order chi connectivity index (χ0) is 8.23. The van der Waals surface area contributed by atoms with E-state index >= 15 is 0 Å². The van der Waals surface area contributed by atoms with Crippen LogP contribution in [0.5, 0.6) is 0 Å². The lowest BCUT2D eigenvalue weighted by Gasteiger charge is -2.25. The Hall–Kier alpha value is -0.510. The van der Waals surface area contributed by atoms with Crippen molar-refractivity contribution in [3.63, 3.8) is 0 Å². The van der Waals surface area contributed by atoms with E-state index in [4.69, 9.17) is 4.42 Å². The Morgan fingerprint density at radius 3 is 2.77 bits per heavy atom. The molecular weight excluding hydrogens is 188 g/mol. The first kappa shape index (κ1) is 10.6. The van der Waals surface area contributed by atoms with Crippen LogP contribution in [0.1, 0.15) is 5.76 Å². The van der Waals surface area contributed by atoms with Crippen molar-refractivity contribution in [2.45, 2.75) is 6.54 Å². The van der Waals surface area contributed by atoms with Crippen molar-refractivity contribution in [2.24, 2.45) is 0 Å². The summed E-state index contributed by atoms with van der Waals surface area (Å²) in [5, 5.41) is 3.32. The average molecular weight is 203 g/mol. The number of piperazine rings is 1. The number of hydrogen-bond donors (Lipinski definition) is 1. The number of halogens is 1. The molecule has 3 nitrogen and oxygen atoms in total. The Labute approximate surface area is 84.5 Å². The highest BCUT2D eigenvalue weighted by Crippen LogP contribution is 2.05. The molecule has 74 valence electrons. The van der Waals surface area contributed by atoms with Crippen molar-refractivity contribution >= 4 is 12.4 Å². The fourth-order valence-corrected chi connectivity index (χ4v) is 1.49. The molecule has 1 aliphatic rings. The van der Waals surface area contributed by atoms with Crippen LogP contribution >= 0.6 is 12.4 Å². The second kappa shape index (κ2) is 5.27. The van der Waals surface area contributed by atoms with E-state index in [1.165, 1.54) is 0 Å². The molecule has 0 amide bonds. The van der Waals surface area contributed by atoms with E-state index in [1.54, 1.807) is 6.26 Å². The van der Waals surface area contributed by atoms with Gasteiger partial charge in [0, 0.05) is 26.2 Å². The molecule has 0 atom stereocenters. The summed E-state index contributed by atoms with van der Waals surface area (Å²) in [5.74, 6) is 1.07. The highest BCUT2D eigenvalue weighted by Gasteiger charge is 2.10. The van der Waals surface area contributed by atoms with Gasteiger partial charge < -0.3 is 9.73 Å². The van der Waals surface area contributed by atoms with Gasteiger partial charge in [-0.3, -0.25) is 4.90 Å². The van der Waals surface area contributed by atoms with Crippen molar-refractivity contribution in [1.29, 1.82) is 0 Å². The van der Waals surface area contributed by atoms with Crippen LogP contribution in [0.2, 0.25) is 0 Å². The maximum absolute atomic E-state index is 5.27. The van der Waals surface area contributed by atoms with Crippen molar-refractivity contribution < 1.29 is 4.42 Å². The van der Waals surface area contributed by atoms with Gasteiger partial charge in [-0.25, -0.2) is 0 Å². The van der Waals surface area contributed by atoms with E-state index < -0.39 is 0 Å². The van der Waals surface area contributed by atoms with Crippen LogP contribution in [0, 0.1) is 0 Å². The van der Waals surface area contributed by atoms with E-state index in [2.05, 4.69) is 10.2 Å². The van der Waals surface area contributed by atoms with Gasteiger partial charge in [0.05, 0.1) is 12.8 Å². The minimum absolute atomic E-state index is 0. The van der Waals surface area contributed by atoms with Crippen molar-refractivity contribution in [3.05, 3.63) is 24.2 Å². The second-order valence-corrected chi connectivity index (χ2v) is 3.11. The average Bonchev–Trinajstić information content (AvgIpc) is 2.59. The molecule has 1 N–H and O–H groups in total. The van der Waals surface area contributed by atoms with Crippen molar-refractivity contribution in [2.75, 3.05) is 26.2 Å². The Morgan fingerprint density at radius 1 is 1.38 bits per heavy atom. The SMILES string of the molecule is Cl.c1coc(CN2CCNCC2)c1. The number of rotatable bonds is 2. The van der Waals surface area contributed by atoms with E-state index in [-0.39, 0.29) is 12.4 Å². The molecule has 0 aliphatic carbocycles. The molecule has 1 aromatic rings. The summed E-state index contributed by atoms with van der Waals surface area (Å²) < 4.78 is 5.27. The fraction of sp³-hybridized carbons (Fsp3) is 0.556. The molecule has 13 heavy (non-hydrogen) atoms. The lowest BCUT2D eigenvalue weighted by Crippen LogP contribution is -2.42. The topological polar surface area (TPSA) is 28.4 Å². The van der Waals surface area contributed by atoms with Crippen molar-refractivity contribution in [1.82, 2.24) is 10.2 Å². The lowest BCUT2D eigenvalue weighted by molar-refractivity contribution is 0.216. The van der Waals surface area contributed by atoms with Gasteiger partial charge in [0.25, 0.3) is 0 Å². The first-order chi connectivity index (χ1) is 5.95. The first-order valence-corrected chi connectivity index (χ1v) is 4.40. The first-order valence-electron chi connectivity index (χ1n) is 4.40. The van der Waals surface area contributed by atoms with E-state index in [9.17, 15) is 0 Å². The van der Waals surface area contributed by atoms with Gasteiger partial charge >= 0.3 is 0 Å². The maximum atomic E-state index is 5.27. The molecule has 1 saturated heterocycles. The zero-order valence-corrected chi connectivity index (χ0v) is 8.35. The van der Waals surface area contributed by atoms with E-state index in [0.29, 0.717) is 0 Å². The van der Waals surface area contributed by atoms with Gasteiger partial charge in [-0.05, 0) is 12.1 Å². The number of hydrogen-bond acceptors (Lipinski definition) is 3. The third kappa shape index (κ3) is 3.03. The molecule has 1 aliphatic heterocycles. The highest BCUT2D eigenvalue weighted by atomic mass is 35.5. The predicted molar refractivity (Wildman–Crippen MR) is 54.1 cm³/mol. The Balaban J connectivity index is 0.000000845. The number of furan rings is 1. The Kier molecular flexibility index (Phi) is 4.28. The monoisotopic (exact) mass is 202 g/mol. The van der Waals surface area contributed by atoms with Crippen LogP contribution in [0.25, 0.3) is 0 Å². The Morgan fingerprint density at radius 2 is 2.15 bits per heavy atom. The van der Waals surface area contributed by atoms with Crippen LogP contribution in [-0.4, -0.2) is 31.1 Å². The van der Waals surface area contributed by atoms with Crippen LogP contribution in [0.15, 0.2) is 22.8 Å². The summed E-state index contributed by atoms with van der Waals surface area (Å²) >= 11 is 0. The third-order valence-corrected chi connectivity index (χ3v) is 2.17. The van der Waals surface area contributed by atoms with E-state index in [1.807, 2.05) is 12.1 Å². The van der Waals surface area contributed by atoms with Gasteiger partial charge in [-0.1, -0.05) is 0 Å². The fourth-order valence-electron chi connectivity index (χ4n) is 1.49. The largest absolute Gasteiger partial charge is 0.468 e. The quantitative estimate of drug-likeness (QED) is 0.779. The molecule has 1 aromatic heterocycles. The normalized spacial score (nSPS) is 18.2. The summed E-state index contributed by atoms with van der Waals surface area (Å²) in [6.45, 7) is 5.40. The number of nitrogens with one attached hydrogen (secondary N) is 1. The predicted octanol–water partition coefficient (Wildman–Crippen LogP) is 1.11. The maximum Gasteiger partial charge on any atom is 0.117 e. The van der Waals surface area contributed by atoms with Gasteiger partial charge in [0.15, 0.2) is 0 Å². The van der Waals surface area contributed by atoms with Gasteiger partial charge in [-0.15, -0.1) is 12.4 Å². The molecule has 0 spiro atoms. The minimum atomic E-state index is 0. The van der Waals surface area contributed by atoms with Gasteiger partial charge in [0.2, 0.25) is 0 Å². The molecule has 0 radical (unpaired) electrons. The molecule has 0 bridgehead atoms. The standard InChI is InChI=1S/C9H14N2O.ClH/c1-2-9(12-7-1)8-11-5-3-10-4-6-11;/h1-2,7,10H,3-6,8H2;1H. The van der Waals surface area contributed by atoms with E-state index in [0.717, 1.165) is 38.5 Å². The zero-order valence-electron chi connectivity index (χ0n) is 7.53. The van der Waals surface area contributed by atoms with Gasteiger partial charge in [-0.2, -0.15) is 0 Å². The summed E-state index contributed by atoms with van der Waals surface area (Å²) in [6.07, 6.45) is 1.73. The van der Waals surface area contributed by atoms with Crippen LogP contribution in [0.3, 0.4) is 0 Å². The number of nitrogens with zero attached hydrogens (tertiary/aromatic N) is 1. The lowest BCUT2D eigenvalue weighted by atomic mass is 10.3. The summed E-state index contributed by atoms with van der Waals surface area (Å²) in [6, 6.07) is 3.97. The second-order valence-electron chi connectivity index (χ2n) is 3.11. The van der Waals surface area contributed by atoms with Crippen LogP contribution in [-0.2, 0) is 6.54 Å². The van der Waals surface area contributed by atoms with Gasteiger partial charge in [0.1, 0.15) is 5.76 Å². The molecule has 0 unspecified atom stereocenters. The molecule has 2 rings (SSSR count). The minimum Gasteiger partial charge on any atom is -0.468 e. The van der Waals surface area contributed by atoms with Crippen LogP contribution < -0.4 is 5.32 Å².